The third kappa shape index (κ3) is 3.62. The van der Waals surface area contributed by atoms with E-state index in [2.05, 4.69) is 37.6 Å². The Morgan fingerprint density at radius 3 is 2.66 bits per heavy atom. The maximum Gasteiger partial charge on any atom is 0.266 e. The van der Waals surface area contributed by atoms with Gasteiger partial charge in [-0.1, -0.05) is 18.2 Å². The molecule has 1 unspecified atom stereocenters. The zero-order valence-electron chi connectivity index (χ0n) is 17.5. The number of imidazole rings is 1. The molecule has 2 aromatic carbocycles. The van der Waals surface area contributed by atoms with E-state index in [1.165, 1.54) is 12.1 Å². The van der Waals surface area contributed by atoms with Crippen LogP contribution in [0.4, 0.5) is 24.7 Å². The van der Waals surface area contributed by atoms with Crippen LogP contribution in [0.2, 0.25) is 0 Å². The lowest BCUT2D eigenvalue weighted by molar-refractivity contribution is 0.146. The molecule has 9 heteroatoms. The summed E-state index contributed by atoms with van der Waals surface area (Å²) in [5.41, 5.74) is 1.54. The fourth-order valence-electron chi connectivity index (χ4n) is 4.23. The van der Waals surface area contributed by atoms with Crippen LogP contribution in [0.1, 0.15) is 30.5 Å². The number of alkyl halides is 2. The summed E-state index contributed by atoms with van der Waals surface area (Å²) in [5, 5.41) is 7.44. The number of aromatic nitrogens is 3. The maximum absolute atomic E-state index is 14.7. The molecule has 1 atom stereocenters. The highest BCUT2D eigenvalue weighted by molar-refractivity contribution is 5.93. The van der Waals surface area contributed by atoms with Gasteiger partial charge in [0.25, 0.3) is 6.43 Å². The van der Waals surface area contributed by atoms with Gasteiger partial charge in [0.15, 0.2) is 0 Å². The Morgan fingerprint density at radius 2 is 1.88 bits per heavy atom. The lowest BCUT2D eigenvalue weighted by Gasteiger charge is -2.30. The summed E-state index contributed by atoms with van der Waals surface area (Å²) in [7, 11) is 0. The summed E-state index contributed by atoms with van der Waals surface area (Å²) in [6.45, 7) is 5.36. The van der Waals surface area contributed by atoms with Crippen LogP contribution in [-0.4, -0.2) is 40.5 Å². The molecule has 1 aliphatic heterocycles. The molecule has 0 bridgehead atoms. The predicted molar refractivity (Wildman–Crippen MR) is 119 cm³/mol. The molecular formula is C23H23F3N6. The number of benzene rings is 2. The molecule has 0 radical (unpaired) electrons. The van der Waals surface area contributed by atoms with Crippen LogP contribution in [0.25, 0.3) is 16.7 Å². The first-order chi connectivity index (χ1) is 15.5. The van der Waals surface area contributed by atoms with Crippen LogP contribution in [0.5, 0.6) is 0 Å². The van der Waals surface area contributed by atoms with Crippen molar-refractivity contribution in [1.29, 1.82) is 0 Å². The minimum absolute atomic E-state index is 0.166. The SMILES string of the molecule is CC(Nc1nc2nccn2c2ccc(N3CCNCC3)cc12)c1cccc(C(F)F)c1F. The van der Waals surface area contributed by atoms with Crippen molar-refractivity contribution in [3.63, 3.8) is 0 Å². The van der Waals surface area contributed by atoms with Gasteiger partial charge in [-0.2, -0.15) is 4.98 Å². The second-order valence-corrected chi connectivity index (χ2v) is 7.91. The van der Waals surface area contributed by atoms with Gasteiger partial charge in [-0.05, 0) is 25.1 Å². The zero-order valence-corrected chi connectivity index (χ0v) is 17.5. The van der Waals surface area contributed by atoms with Gasteiger partial charge in [-0.3, -0.25) is 4.40 Å². The molecule has 166 valence electrons. The van der Waals surface area contributed by atoms with Gasteiger partial charge in [0.05, 0.1) is 17.1 Å². The second-order valence-electron chi connectivity index (χ2n) is 7.91. The Balaban J connectivity index is 1.58. The van der Waals surface area contributed by atoms with Gasteiger partial charge in [0.2, 0.25) is 5.78 Å². The summed E-state index contributed by atoms with van der Waals surface area (Å²) in [4.78, 5) is 11.2. The van der Waals surface area contributed by atoms with Crippen molar-refractivity contribution in [3.8, 4) is 0 Å². The molecule has 1 saturated heterocycles. The molecule has 6 nitrogen and oxygen atoms in total. The summed E-state index contributed by atoms with van der Waals surface area (Å²) < 4.78 is 43.0. The number of piperazine rings is 1. The van der Waals surface area contributed by atoms with Gasteiger partial charge in [-0.25, -0.2) is 18.2 Å². The van der Waals surface area contributed by atoms with E-state index >= 15 is 0 Å². The standard InChI is InChI=1S/C23H23F3N6/c1-14(16-3-2-4-17(20(16)24)21(25)26)29-22-18-13-15(31-10-7-27-8-11-31)5-6-19(18)32-12-9-28-23(32)30-22/h2-6,9,12-14,21,27H,7-8,10-11H2,1H3,(H,28,29,30). The van der Waals surface area contributed by atoms with Gasteiger partial charge >= 0.3 is 0 Å². The van der Waals surface area contributed by atoms with E-state index in [9.17, 15) is 13.2 Å². The van der Waals surface area contributed by atoms with Gasteiger partial charge < -0.3 is 15.5 Å². The van der Waals surface area contributed by atoms with Gasteiger partial charge in [0, 0.05) is 55.2 Å². The molecule has 0 saturated carbocycles. The second kappa shape index (κ2) is 8.31. The molecule has 5 rings (SSSR count). The number of nitrogens with zero attached hydrogens (tertiary/aromatic N) is 4. The Kier molecular flexibility index (Phi) is 5.34. The van der Waals surface area contributed by atoms with E-state index in [0.717, 1.165) is 48.8 Å². The number of halogens is 3. The summed E-state index contributed by atoms with van der Waals surface area (Å²) >= 11 is 0. The van der Waals surface area contributed by atoms with Crippen LogP contribution in [0.15, 0.2) is 48.8 Å². The fourth-order valence-corrected chi connectivity index (χ4v) is 4.23. The molecule has 2 N–H and O–H groups in total. The molecular weight excluding hydrogens is 417 g/mol. The Bertz CT molecular complexity index is 1270. The molecule has 2 aromatic heterocycles. The van der Waals surface area contributed by atoms with E-state index in [4.69, 9.17) is 0 Å². The molecule has 4 aromatic rings. The first kappa shape index (κ1) is 20.6. The maximum atomic E-state index is 14.7. The first-order valence-corrected chi connectivity index (χ1v) is 10.6. The van der Waals surface area contributed by atoms with E-state index in [-0.39, 0.29) is 5.56 Å². The number of hydrogen-bond donors (Lipinski definition) is 2. The quantitative estimate of drug-likeness (QED) is 0.477. The van der Waals surface area contributed by atoms with Crippen molar-refractivity contribution in [3.05, 3.63) is 65.7 Å². The minimum Gasteiger partial charge on any atom is -0.369 e. The normalized spacial score (nSPS) is 15.6. The fraction of sp³-hybridized carbons (Fsp3) is 0.304. The Morgan fingerprint density at radius 1 is 1.09 bits per heavy atom. The number of fused-ring (bicyclic) bond motifs is 3. The Hall–Kier alpha value is -3.33. The average molecular weight is 440 g/mol. The summed E-state index contributed by atoms with van der Waals surface area (Å²) in [6, 6.07) is 9.66. The van der Waals surface area contributed by atoms with Crippen LogP contribution in [-0.2, 0) is 0 Å². The number of anilines is 2. The lowest BCUT2D eigenvalue weighted by Crippen LogP contribution is -2.43. The first-order valence-electron chi connectivity index (χ1n) is 10.6. The molecule has 3 heterocycles. The van der Waals surface area contributed by atoms with Crippen molar-refractivity contribution < 1.29 is 13.2 Å². The monoisotopic (exact) mass is 440 g/mol. The largest absolute Gasteiger partial charge is 0.369 e. The lowest BCUT2D eigenvalue weighted by atomic mass is 10.0. The third-order valence-electron chi connectivity index (χ3n) is 5.92. The zero-order chi connectivity index (χ0) is 22.2. The van der Waals surface area contributed by atoms with Crippen LogP contribution >= 0.6 is 0 Å². The molecule has 0 amide bonds. The van der Waals surface area contributed by atoms with E-state index < -0.39 is 23.8 Å². The van der Waals surface area contributed by atoms with Crippen LogP contribution in [0.3, 0.4) is 0 Å². The summed E-state index contributed by atoms with van der Waals surface area (Å²) in [5.74, 6) is 0.143. The van der Waals surface area contributed by atoms with Crippen LogP contribution < -0.4 is 15.5 Å². The highest BCUT2D eigenvalue weighted by atomic mass is 19.3. The van der Waals surface area contributed by atoms with E-state index in [1.54, 1.807) is 13.1 Å². The Labute approximate surface area is 183 Å². The molecule has 32 heavy (non-hydrogen) atoms. The average Bonchev–Trinajstić information content (AvgIpc) is 3.28. The van der Waals surface area contributed by atoms with Crippen molar-refractivity contribution >= 4 is 28.2 Å². The van der Waals surface area contributed by atoms with Gasteiger partial charge in [-0.15, -0.1) is 0 Å². The van der Waals surface area contributed by atoms with Crippen molar-refractivity contribution in [2.75, 3.05) is 36.4 Å². The van der Waals surface area contributed by atoms with Crippen molar-refractivity contribution in [1.82, 2.24) is 19.7 Å². The predicted octanol–water partition coefficient (Wildman–Crippen LogP) is 4.54. The van der Waals surface area contributed by atoms with E-state index in [1.807, 2.05) is 16.7 Å². The highest BCUT2D eigenvalue weighted by Gasteiger charge is 2.21. The smallest absolute Gasteiger partial charge is 0.266 e. The van der Waals surface area contributed by atoms with Gasteiger partial charge in [0.1, 0.15) is 11.6 Å². The topological polar surface area (TPSA) is 57.5 Å². The van der Waals surface area contributed by atoms with Crippen molar-refractivity contribution in [2.45, 2.75) is 19.4 Å². The summed E-state index contributed by atoms with van der Waals surface area (Å²) in [6.07, 6.45) is 0.642. The molecule has 0 aliphatic carbocycles. The van der Waals surface area contributed by atoms with Crippen LogP contribution in [0, 0.1) is 5.82 Å². The third-order valence-corrected chi connectivity index (χ3v) is 5.92. The minimum atomic E-state index is -2.87. The number of hydrogen-bond acceptors (Lipinski definition) is 5. The molecule has 1 fully saturated rings. The molecule has 0 spiro atoms. The van der Waals surface area contributed by atoms with Crippen molar-refractivity contribution in [2.24, 2.45) is 0 Å². The highest BCUT2D eigenvalue weighted by Crippen LogP contribution is 2.32. The molecule has 1 aliphatic rings. The van der Waals surface area contributed by atoms with E-state index in [0.29, 0.717) is 11.6 Å². The number of nitrogens with one attached hydrogen (secondary N) is 2. The number of rotatable bonds is 5.